The Kier molecular flexibility index (Phi) is 4.27. The Morgan fingerprint density at radius 2 is 2.14 bits per heavy atom. The molecule has 1 N–H and O–H groups in total. The summed E-state index contributed by atoms with van der Waals surface area (Å²) in [6.07, 6.45) is 6.34. The molecule has 116 valence electrons. The van der Waals surface area contributed by atoms with Crippen molar-refractivity contribution in [3.05, 3.63) is 47.3 Å². The summed E-state index contributed by atoms with van der Waals surface area (Å²) in [5.41, 5.74) is 4.58. The van der Waals surface area contributed by atoms with E-state index >= 15 is 0 Å². The highest BCUT2D eigenvalue weighted by molar-refractivity contribution is 5.90. The Labute approximate surface area is 131 Å². The fourth-order valence-electron chi connectivity index (χ4n) is 3.00. The molecule has 0 saturated heterocycles. The minimum atomic E-state index is -0.0304. The second-order valence-corrected chi connectivity index (χ2v) is 6.25. The van der Waals surface area contributed by atoms with Crippen LogP contribution in [0.25, 0.3) is 0 Å². The molecule has 1 aromatic carbocycles. The van der Waals surface area contributed by atoms with E-state index in [0.29, 0.717) is 0 Å². The summed E-state index contributed by atoms with van der Waals surface area (Å²) in [4.78, 5) is 12.1. The Hall–Kier alpha value is -2.10. The molecule has 0 bridgehead atoms. The molecular formula is C18H23N3O. The van der Waals surface area contributed by atoms with Crippen molar-refractivity contribution < 1.29 is 4.79 Å². The lowest BCUT2D eigenvalue weighted by molar-refractivity contribution is -0.116. The van der Waals surface area contributed by atoms with Crippen LogP contribution in [0.4, 0.5) is 5.69 Å². The van der Waals surface area contributed by atoms with Crippen LogP contribution in [-0.4, -0.2) is 15.7 Å². The van der Waals surface area contributed by atoms with E-state index in [9.17, 15) is 4.79 Å². The van der Waals surface area contributed by atoms with Crippen LogP contribution in [-0.2, 0) is 30.6 Å². The largest absolute Gasteiger partial charge is 0.324 e. The zero-order chi connectivity index (χ0) is 15.5. The monoisotopic (exact) mass is 297 g/mol. The molecule has 0 radical (unpaired) electrons. The van der Waals surface area contributed by atoms with Gasteiger partial charge in [-0.15, -0.1) is 0 Å². The fraction of sp³-hybridized carbons (Fsp3) is 0.444. The molecule has 2 aromatic rings. The summed E-state index contributed by atoms with van der Waals surface area (Å²) < 4.78 is 1.78. The van der Waals surface area contributed by atoms with Gasteiger partial charge in [0.05, 0.1) is 5.69 Å². The summed E-state index contributed by atoms with van der Waals surface area (Å²) in [6.45, 7) is 4.66. The number of amides is 1. The summed E-state index contributed by atoms with van der Waals surface area (Å²) in [7, 11) is 0. The number of hydrogen-bond acceptors (Lipinski definition) is 2. The van der Waals surface area contributed by atoms with Gasteiger partial charge in [0.1, 0.15) is 6.54 Å². The molecule has 1 aromatic heterocycles. The van der Waals surface area contributed by atoms with Crippen LogP contribution in [0.15, 0.2) is 30.5 Å². The first-order valence-electron chi connectivity index (χ1n) is 8.08. The average Bonchev–Trinajstić information content (AvgIpc) is 2.89. The van der Waals surface area contributed by atoms with E-state index in [4.69, 9.17) is 0 Å². The van der Waals surface area contributed by atoms with Gasteiger partial charge in [0, 0.05) is 11.9 Å². The molecule has 1 aliphatic rings. The number of hydrogen-bond donors (Lipinski definition) is 1. The molecule has 22 heavy (non-hydrogen) atoms. The maximum atomic E-state index is 12.1. The number of carbonyl (C=O) groups excluding carboxylic acids is 1. The molecule has 0 aliphatic heterocycles. The molecule has 3 rings (SSSR count). The van der Waals surface area contributed by atoms with Gasteiger partial charge in [0.25, 0.3) is 0 Å². The van der Waals surface area contributed by atoms with Crippen molar-refractivity contribution in [2.45, 2.75) is 46.1 Å². The van der Waals surface area contributed by atoms with E-state index < -0.39 is 0 Å². The van der Waals surface area contributed by atoms with E-state index in [0.717, 1.165) is 36.6 Å². The molecule has 1 amide bonds. The van der Waals surface area contributed by atoms with Gasteiger partial charge in [-0.05, 0) is 54.9 Å². The fourth-order valence-corrected chi connectivity index (χ4v) is 3.00. The van der Waals surface area contributed by atoms with E-state index in [1.807, 2.05) is 30.5 Å². The first-order chi connectivity index (χ1) is 10.6. The van der Waals surface area contributed by atoms with Crippen molar-refractivity contribution in [2.24, 2.45) is 5.92 Å². The van der Waals surface area contributed by atoms with Crippen LogP contribution in [0.2, 0.25) is 0 Å². The topological polar surface area (TPSA) is 46.9 Å². The van der Waals surface area contributed by atoms with E-state index in [-0.39, 0.29) is 12.5 Å². The van der Waals surface area contributed by atoms with Gasteiger partial charge in [-0.2, -0.15) is 5.10 Å². The van der Waals surface area contributed by atoms with Crippen LogP contribution in [0.1, 0.15) is 37.1 Å². The smallest absolute Gasteiger partial charge is 0.246 e. The molecule has 1 aliphatic carbocycles. The molecule has 1 heterocycles. The highest BCUT2D eigenvalue weighted by atomic mass is 16.2. The third-order valence-corrected chi connectivity index (χ3v) is 4.32. The van der Waals surface area contributed by atoms with Crippen molar-refractivity contribution in [1.29, 1.82) is 0 Å². The van der Waals surface area contributed by atoms with Crippen LogP contribution < -0.4 is 5.32 Å². The molecule has 1 atom stereocenters. The van der Waals surface area contributed by atoms with Crippen molar-refractivity contribution in [3.8, 4) is 0 Å². The number of nitrogens with zero attached hydrogens (tertiary/aromatic N) is 2. The molecule has 4 heteroatoms. The first kappa shape index (κ1) is 14.8. The predicted molar refractivity (Wildman–Crippen MR) is 87.9 cm³/mol. The molecule has 4 nitrogen and oxygen atoms in total. The second-order valence-electron chi connectivity index (χ2n) is 6.25. The van der Waals surface area contributed by atoms with Crippen LogP contribution >= 0.6 is 0 Å². The van der Waals surface area contributed by atoms with Gasteiger partial charge in [0.15, 0.2) is 0 Å². The third kappa shape index (κ3) is 3.38. The summed E-state index contributed by atoms with van der Waals surface area (Å²) in [5.74, 6) is 0.688. The van der Waals surface area contributed by atoms with Crippen LogP contribution in [0, 0.1) is 5.92 Å². The standard InChI is InChI=1S/C18H23N3O/c1-3-14-5-7-16(8-6-14)19-18(22)12-21-11-15-10-13(2)4-9-17(15)20-21/h5-8,11,13H,3-4,9-10,12H2,1-2H3,(H,19,22). The van der Waals surface area contributed by atoms with Crippen LogP contribution in [0.3, 0.4) is 0 Å². The van der Waals surface area contributed by atoms with E-state index in [2.05, 4.69) is 24.3 Å². The maximum absolute atomic E-state index is 12.1. The number of benzene rings is 1. The summed E-state index contributed by atoms with van der Waals surface area (Å²) >= 11 is 0. The van der Waals surface area contributed by atoms with Gasteiger partial charge in [0.2, 0.25) is 5.91 Å². The highest BCUT2D eigenvalue weighted by Gasteiger charge is 2.19. The van der Waals surface area contributed by atoms with Gasteiger partial charge in [-0.3, -0.25) is 9.48 Å². The van der Waals surface area contributed by atoms with E-state index in [1.54, 1.807) is 4.68 Å². The number of fused-ring (bicyclic) bond motifs is 1. The zero-order valence-corrected chi connectivity index (χ0v) is 13.3. The third-order valence-electron chi connectivity index (χ3n) is 4.32. The minimum Gasteiger partial charge on any atom is -0.324 e. The summed E-state index contributed by atoms with van der Waals surface area (Å²) in [6, 6.07) is 7.99. The molecular weight excluding hydrogens is 274 g/mol. The number of rotatable bonds is 4. The van der Waals surface area contributed by atoms with Gasteiger partial charge >= 0.3 is 0 Å². The SMILES string of the molecule is CCc1ccc(NC(=O)Cn2cc3c(n2)CCC(C)C3)cc1. The lowest BCUT2D eigenvalue weighted by atomic mass is 9.89. The molecule has 0 spiro atoms. The number of anilines is 1. The maximum Gasteiger partial charge on any atom is 0.246 e. The number of carbonyl (C=O) groups is 1. The predicted octanol–water partition coefficient (Wildman–Crippen LogP) is 3.21. The number of aryl methyl sites for hydroxylation is 2. The normalized spacial score (nSPS) is 17.1. The zero-order valence-electron chi connectivity index (χ0n) is 13.3. The molecule has 0 fully saturated rings. The van der Waals surface area contributed by atoms with Gasteiger partial charge < -0.3 is 5.32 Å². The average molecular weight is 297 g/mol. The Balaban J connectivity index is 1.61. The number of nitrogens with one attached hydrogen (secondary N) is 1. The Bertz CT molecular complexity index is 657. The van der Waals surface area contributed by atoms with Crippen molar-refractivity contribution in [2.75, 3.05) is 5.32 Å². The first-order valence-corrected chi connectivity index (χ1v) is 8.08. The Morgan fingerprint density at radius 3 is 2.86 bits per heavy atom. The second kappa shape index (κ2) is 6.34. The van der Waals surface area contributed by atoms with Gasteiger partial charge in [-0.1, -0.05) is 26.0 Å². The highest BCUT2D eigenvalue weighted by Crippen LogP contribution is 2.23. The number of aromatic nitrogens is 2. The quantitative estimate of drug-likeness (QED) is 0.942. The lowest BCUT2D eigenvalue weighted by Crippen LogP contribution is -2.19. The molecule has 0 saturated carbocycles. The molecule has 1 unspecified atom stereocenters. The summed E-state index contributed by atoms with van der Waals surface area (Å²) in [5, 5.41) is 7.48. The Morgan fingerprint density at radius 1 is 1.36 bits per heavy atom. The minimum absolute atomic E-state index is 0.0304. The van der Waals surface area contributed by atoms with Crippen LogP contribution in [0.5, 0.6) is 0 Å². The lowest BCUT2D eigenvalue weighted by Gasteiger charge is -2.15. The van der Waals surface area contributed by atoms with Crippen molar-refractivity contribution in [3.63, 3.8) is 0 Å². The van der Waals surface area contributed by atoms with Gasteiger partial charge in [-0.25, -0.2) is 0 Å². The van der Waals surface area contributed by atoms with E-state index in [1.165, 1.54) is 17.5 Å². The van der Waals surface area contributed by atoms with Crippen molar-refractivity contribution in [1.82, 2.24) is 9.78 Å². The van der Waals surface area contributed by atoms with Crippen molar-refractivity contribution >= 4 is 11.6 Å².